The van der Waals surface area contributed by atoms with Gasteiger partial charge in [0.25, 0.3) is 0 Å². The normalized spacial score (nSPS) is 18.5. The first-order chi connectivity index (χ1) is 8.58. The highest BCUT2D eigenvalue weighted by Gasteiger charge is 2.33. The van der Waals surface area contributed by atoms with E-state index in [4.69, 9.17) is 4.74 Å². The fourth-order valence-corrected chi connectivity index (χ4v) is 2.33. The Kier molecular flexibility index (Phi) is 3.36. The Labute approximate surface area is 107 Å². The van der Waals surface area contributed by atoms with Gasteiger partial charge in [0.1, 0.15) is 11.5 Å². The number of rotatable bonds is 3. The summed E-state index contributed by atoms with van der Waals surface area (Å²) in [4.78, 5) is 25.5. The van der Waals surface area contributed by atoms with Crippen molar-refractivity contribution in [3.05, 3.63) is 23.8 Å². The van der Waals surface area contributed by atoms with Gasteiger partial charge in [-0.15, -0.1) is 0 Å². The Morgan fingerprint density at radius 3 is 2.83 bits per heavy atom. The highest BCUT2D eigenvalue weighted by atomic mass is 16.5. The first kappa shape index (κ1) is 12.6. The Hall–Kier alpha value is -1.84. The second-order valence-electron chi connectivity index (χ2n) is 4.45. The number of carbonyl (C=O) groups is 2. The lowest BCUT2D eigenvalue weighted by atomic mass is 9.85. The van der Waals surface area contributed by atoms with Crippen molar-refractivity contribution in [2.75, 3.05) is 19.1 Å². The SMILES string of the molecule is CCC(=O)C1CC(=O)N(C)c2ccc(OC)cc21. The lowest BCUT2D eigenvalue weighted by Crippen LogP contribution is -2.35. The van der Waals surface area contributed by atoms with Crippen LogP contribution in [0.4, 0.5) is 5.69 Å². The molecule has 18 heavy (non-hydrogen) atoms. The van der Waals surface area contributed by atoms with Crippen LogP contribution in [0, 0.1) is 0 Å². The van der Waals surface area contributed by atoms with E-state index < -0.39 is 0 Å². The predicted octanol–water partition coefficient (Wildman–Crippen LogP) is 2.12. The Balaban J connectivity index is 2.52. The van der Waals surface area contributed by atoms with Gasteiger partial charge in [0.05, 0.1) is 13.0 Å². The third-order valence-corrected chi connectivity index (χ3v) is 3.46. The number of nitrogens with zero attached hydrogens (tertiary/aromatic N) is 1. The second kappa shape index (κ2) is 4.80. The average Bonchev–Trinajstić information content (AvgIpc) is 2.41. The average molecular weight is 247 g/mol. The van der Waals surface area contributed by atoms with E-state index in [-0.39, 0.29) is 24.0 Å². The van der Waals surface area contributed by atoms with Crippen molar-refractivity contribution in [3.63, 3.8) is 0 Å². The van der Waals surface area contributed by atoms with Crippen molar-refractivity contribution in [2.45, 2.75) is 25.7 Å². The molecule has 96 valence electrons. The number of ether oxygens (including phenoxy) is 1. The summed E-state index contributed by atoms with van der Waals surface area (Å²) < 4.78 is 5.19. The van der Waals surface area contributed by atoms with Crippen LogP contribution in [0.15, 0.2) is 18.2 Å². The first-order valence-corrected chi connectivity index (χ1v) is 6.05. The van der Waals surface area contributed by atoms with Crippen LogP contribution >= 0.6 is 0 Å². The molecule has 0 N–H and O–H groups in total. The molecule has 1 amide bonds. The van der Waals surface area contributed by atoms with Gasteiger partial charge in [-0.1, -0.05) is 6.92 Å². The fourth-order valence-electron chi connectivity index (χ4n) is 2.33. The van der Waals surface area contributed by atoms with E-state index in [0.29, 0.717) is 12.2 Å². The molecule has 2 rings (SSSR count). The fraction of sp³-hybridized carbons (Fsp3) is 0.429. The lowest BCUT2D eigenvalue weighted by molar-refractivity contribution is -0.125. The first-order valence-electron chi connectivity index (χ1n) is 6.05. The van der Waals surface area contributed by atoms with Gasteiger partial charge in [0.15, 0.2) is 0 Å². The number of methoxy groups -OCH3 is 1. The van der Waals surface area contributed by atoms with Crippen LogP contribution in [0.5, 0.6) is 5.75 Å². The lowest BCUT2D eigenvalue weighted by Gasteiger charge is -2.31. The van der Waals surface area contributed by atoms with Gasteiger partial charge in [-0.3, -0.25) is 9.59 Å². The predicted molar refractivity (Wildman–Crippen MR) is 69.1 cm³/mol. The third-order valence-electron chi connectivity index (χ3n) is 3.46. The smallest absolute Gasteiger partial charge is 0.227 e. The number of amides is 1. The van der Waals surface area contributed by atoms with Crippen LogP contribution in [-0.4, -0.2) is 25.8 Å². The van der Waals surface area contributed by atoms with Gasteiger partial charge in [-0.25, -0.2) is 0 Å². The van der Waals surface area contributed by atoms with Crippen LogP contribution in [-0.2, 0) is 9.59 Å². The molecule has 0 aromatic heterocycles. The molecule has 0 saturated carbocycles. The number of fused-ring (bicyclic) bond motifs is 1. The van der Waals surface area contributed by atoms with Gasteiger partial charge in [-0.2, -0.15) is 0 Å². The van der Waals surface area contributed by atoms with Crippen molar-refractivity contribution in [1.29, 1.82) is 0 Å². The van der Waals surface area contributed by atoms with Crippen molar-refractivity contribution < 1.29 is 14.3 Å². The van der Waals surface area contributed by atoms with Crippen LogP contribution < -0.4 is 9.64 Å². The summed E-state index contributed by atoms with van der Waals surface area (Å²) >= 11 is 0. The summed E-state index contributed by atoms with van der Waals surface area (Å²) in [6, 6.07) is 5.50. The van der Waals surface area contributed by atoms with Gasteiger partial charge < -0.3 is 9.64 Å². The molecule has 0 spiro atoms. The quantitative estimate of drug-likeness (QED) is 0.822. The maximum absolute atomic E-state index is 12.0. The second-order valence-corrected chi connectivity index (χ2v) is 4.45. The van der Waals surface area contributed by atoms with E-state index in [0.717, 1.165) is 11.3 Å². The largest absolute Gasteiger partial charge is 0.497 e. The molecule has 0 aliphatic carbocycles. The molecule has 1 heterocycles. The van der Waals surface area contributed by atoms with Gasteiger partial charge >= 0.3 is 0 Å². The van der Waals surface area contributed by atoms with E-state index in [1.54, 1.807) is 25.1 Å². The summed E-state index contributed by atoms with van der Waals surface area (Å²) in [6.07, 6.45) is 0.696. The number of hydrogen-bond donors (Lipinski definition) is 0. The van der Waals surface area contributed by atoms with Crippen LogP contribution in [0.3, 0.4) is 0 Å². The molecule has 1 aliphatic heterocycles. The highest BCUT2D eigenvalue weighted by molar-refractivity contribution is 6.03. The summed E-state index contributed by atoms with van der Waals surface area (Å²) in [5.41, 5.74) is 1.70. The number of anilines is 1. The van der Waals surface area contributed by atoms with Crippen LogP contribution in [0.25, 0.3) is 0 Å². The number of hydrogen-bond acceptors (Lipinski definition) is 3. The van der Waals surface area contributed by atoms with Gasteiger partial charge in [-0.05, 0) is 23.8 Å². The summed E-state index contributed by atoms with van der Waals surface area (Å²) in [6.45, 7) is 1.82. The van der Waals surface area contributed by atoms with Gasteiger partial charge in [0.2, 0.25) is 5.91 Å². The monoisotopic (exact) mass is 247 g/mol. The van der Waals surface area contributed by atoms with E-state index in [9.17, 15) is 9.59 Å². The Morgan fingerprint density at radius 1 is 1.50 bits per heavy atom. The standard InChI is InChI=1S/C14H17NO3/c1-4-13(16)11-8-14(17)15(2)12-6-5-9(18-3)7-10(11)12/h5-7,11H,4,8H2,1-3H3. The van der Waals surface area contributed by atoms with Crippen LogP contribution in [0.1, 0.15) is 31.2 Å². The number of benzene rings is 1. The molecule has 1 aromatic rings. The summed E-state index contributed by atoms with van der Waals surface area (Å²) in [5, 5.41) is 0. The van der Waals surface area contributed by atoms with Crippen molar-refractivity contribution in [3.8, 4) is 5.75 Å². The topological polar surface area (TPSA) is 46.6 Å². The van der Waals surface area contributed by atoms with Crippen molar-refractivity contribution in [1.82, 2.24) is 0 Å². The van der Waals surface area contributed by atoms with E-state index >= 15 is 0 Å². The molecule has 0 radical (unpaired) electrons. The maximum atomic E-state index is 12.0. The number of ketones is 1. The summed E-state index contributed by atoms with van der Waals surface area (Å²) in [5.74, 6) is 0.472. The summed E-state index contributed by atoms with van der Waals surface area (Å²) in [7, 11) is 3.33. The van der Waals surface area contributed by atoms with E-state index in [1.165, 1.54) is 0 Å². The maximum Gasteiger partial charge on any atom is 0.227 e. The minimum Gasteiger partial charge on any atom is -0.497 e. The molecule has 1 atom stereocenters. The molecular weight excluding hydrogens is 230 g/mol. The highest BCUT2D eigenvalue weighted by Crippen LogP contribution is 2.38. The zero-order valence-electron chi connectivity index (χ0n) is 10.9. The van der Waals surface area contributed by atoms with E-state index in [1.807, 2.05) is 19.1 Å². The minimum absolute atomic E-state index is 0.0144. The number of Topliss-reactive ketones (excluding diaryl/α,β-unsaturated/α-hetero) is 1. The molecular formula is C14H17NO3. The van der Waals surface area contributed by atoms with E-state index in [2.05, 4.69) is 0 Å². The third kappa shape index (κ3) is 1.98. The molecule has 4 heteroatoms. The molecule has 4 nitrogen and oxygen atoms in total. The Morgan fingerprint density at radius 2 is 2.22 bits per heavy atom. The molecule has 0 fully saturated rings. The Bertz CT molecular complexity index is 496. The molecule has 1 aliphatic rings. The zero-order valence-corrected chi connectivity index (χ0v) is 10.9. The zero-order chi connectivity index (χ0) is 13.3. The van der Waals surface area contributed by atoms with Crippen molar-refractivity contribution in [2.24, 2.45) is 0 Å². The molecule has 0 bridgehead atoms. The number of carbonyl (C=O) groups excluding carboxylic acids is 2. The molecule has 0 saturated heterocycles. The molecule has 1 aromatic carbocycles. The minimum atomic E-state index is -0.330. The van der Waals surface area contributed by atoms with Crippen molar-refractivity contribution >= 4 is 17.4 Å². The molecule has 1 unspecified atom stereocenters. The van der Waals surface area contributed by atoms with Crippen LogP contribution in [0.2, 0.25) is 0 Å². The van der Waals surface area contributed by atoms with Gasteiger partial charge in [0, 0.05) is 25.6 Å².